The van der Waals surface area contributed by atoms with Crippen LogP contribution in [0, 0.1) is 11.8 Å². The number of nitrogens with one attached hydrogen (secondary N) is 1. The zero-order valence-corrected chi connectivity index (χ0v) is 13.0. The Hall–Kier alpha value is -0.0800. The lowest BCUT2D eigenvalue weighted by Gasteiger charge is -2.20. The molecular weight excluding hydrogens is 220 g/mol. The second-order valence-electron chi connectivity index (χ2n) is 6.70. The summed E-state index contributed by atoms with van der Waals surface area (Å²) in [6.07, 6.45) is 6.93. The molecule has 0 amide bonds. The highest BCUT2D eigenvalue weighted by atomic mass is 15.2. The largest absolute Gasteiger partial charge is 0.316 e. The second kappa shape index (κ2) is 8.92. The predicted octanol–water partition coefficient (Wildman–Crippen LogP) is 3.52. The lowest BCUT2D eigenvalue weighted by molar-refractivity contribution is 0.258. The fourth-order valence-corrected chi connectivity index (χ4v) is 3.01. The van der Waals surface area contributed by atoms with Crippen LogP contribution in [0.1, 0.15) is 59.8 Å². The Balaban J connectivity index is 1.87. The molecule has 1 rings (SSSR count). The molecule has 0 aromatic carbocycles. The van der Waals surface area contributed by atoms with Crippen LogP contribution in [0.15, 0.2) is 0 Å². The van der Waals surface area contributed by atoms with Crippen molar-refractivity contribution in [1.29, 1.82) is 0 Å². The first-order chi connectivity index (χ1) is 8.59. The zero-order chi connectivity index (χ0) is 13.4. The summed E-state index contributed by atoms with van der Waals surface area (Å²) < 4.78 is 0. The molecule has 2 unspecified atom stereocenters. The Bertz CT molecular complexity index is 203. The van der Waals surface area contributed by atoms with Gasteiger partial charge in [0.25, 0.3) is 0 Å². The number of hydrogen-bond acceptors (Lipinski definition) is 2. The summed E-state index contributed by atoms with van der Waals surface area (Å²) in [5.74, 6) is 1.70. The minimum atomic E-state index is 0.781. The van der Waals surface area contributed by atoms with E-state index in [2.05, 4.69) is 37.9 Å². The van der Waals surface area contributed by atoms with Gasteiger partial charge in [-0.1, -0.05) is 33.6 Å². The van der Waals surface area contributed by atoms with Crippen molar-refractivity contribution in [3.05, 3.63) is 0 Å². The summed E-state index contributed by atoms with van der Waals surface area (Å²) in [6.45, 7) is 14.3. The summed E-state index contributed by atoms with van der Waals surface area (Å²) >= 11 is 0. The fraction of sp³-hybridized carbons (Fsp3) is 1.00. The molecular formula is C16H34N2. The fourth-order valence-electron chi connectivity index (χ4n) is 3.01. The van der Waals surface area contributed by atoms with Crippen LogP contribution in [-0.4, -0.2) is 37.1 Å². The van der Waals surface area contributed by atoms with E-state index in [0.29, 0.717) is 0 Å². The predicted molar refractivity (Wildman–Crippen MR) is 81.0 cm³/mol. The minimum absolute atomic E-state index is 0.781. The van der Waals surface area contributed by atoms with Gasteiger partial charge in [-0.2, -0.15) is 0 Å². The lowest BCUT2D eigenvalue weighted by Crippen LogP contribution is -2.28. The van der Waals surface area contributed by atoms with Crippen LogP contribution in [0.2, 0.25) is 0 Å². The Morgan fingerprint density at radius 1 is 1.11 bits per heavy atom. The maximum Gasteiger partial charge on any atom is 0.00700 e. The Kier molecular flexibility index (Phi) is 7.92. The van der Waals surface area contributed by atoms with Crippen molar-refractivity contribution in [2.45, 2.75) is 65.8 Å². The molecule has 108 valence electrons. The van der Waals surface area contributed by atoms with Crippen molar-refractivity contribution in [2.75, 3.05) is 26.2 Å². The van der Waals surface area contributed by atoms with Crippen LogP contribution in [0.4, 0.5) is 0 Å². The normalized spacial score (nSPS) is 25.2. The van der Waals surface area contributed by atoms with Crippen LogP contribution in [0.3, 0.4) is 0 Å². The Labute approximate surface area is 115 Å². The topological polar surface area (TPSA) is 15.3 Å². The number of rotatable bonds is 9. The van der Waals surface area contributed by atoms with Crippen LogP contribution < -0.4 is 5.32 Å². The van der Waals surface area contributed by atoms with Gasteiger partial charge in [0, 0.05) is 12.6 Å². The Morgan fingerprint density at radius 3 is 2.44 bits per heavy atom. The van der Waals surface area contributed by atoms with E-state index in [4.69, 9.17) is 0 Å². The average molecular weight is 254 g/mol. The molecule has 0 aliphatic carbocycles. The van der Waals surface area contributed by atoms with Gasteiger partial charge in [0.15, 0.2) is 0 Å². The van der Waals surface area contributed by atoms with Crippen molar-refractivity contribution < 1.29 is 0 Å². The summed E-state index contributed by atoms with van der Waals surface area (Å²) in [5.41, 5.74) is 0. The van der Waals surface area contributed by atoms with Crippen LogP contribution in [-0.2, 0) is 0 Å². The second-order valence-corrected chi connectivity index (χ2v) is 6.70. The van der Waals surface area contributed by atoms with Crippen LogP contribution >= 0.6 is 0 Å². The van der Waals surface area contributed by atoms with Gasteiger partial charge in [-0.15, -0.1) is 0 Å². The van der Waals surface area contributed by atoms with Crippen LogP contribution in [0.5, 0.6) is 0 Å². The molecule has 1 aliphatic rings. The molecule has 1 fully saturated rings. The van der Waals surface area contributed by atoms with Crippen molar-refractivity contribution >= 4 is 0 Å². The van der Waals surface area contributed by atoms with Gasteiger partial charge < -0.3 is 10.2 Å². The first-order valence-electron chi connectivity index (χ1n) is 8.04. The van der Waals surface area contributed by atoms with Crippen molar-refractivity contribution in [1.82, 2.24) is 10.2 Å². The SMILES string of the molecule is CC(C)CNCCCCCCN1CC(C)CC1C. The van der Waals surface area contributed by atoms with E-state index >= 15 is 0 Å². The molecule has 0 bridgehead atoms. The summed E-state index contributed by atoms with van der Waals surface area (Å²) in [7, 11) is 0. The summed E-state index contributed by atoms with van der Waals surface area (Å²) in [6, 6.07) is 0.827. The lowest BCUT2D eigenvalue weighted by atomic mass is 10.1. The minimum Gasteiger partial charge on any atom is -0.316 e. The van der Waals surface area contributed by atoms with Crippen molar-refractivity contribution in [3.8, 4) is 0 Å². The molecule has 0 aromatic rings. The van der Waals surface area contributed by atoms with Gasteiger partial charge in [-0.25, -0.2) is 0 Å². The van der Waals surface area contributed by atoms with Crippen molar-refractivity contribution in [3.63, 3.8) is 0 Å². The third-order valence-electron chi connectivity index (χ3n) is 4.01. The quantitative estimate of drug-likeness (QED) is 0.633. The van der Waals surface area contributed by atoms with Gasteiger partial charge in [0.1, 0.15) is 0 Å². The maximum absolute atomic E-state index is 3.52. The number of unbranched alkanes of at least 4 members (excludes halogenated alkanes) is 3. The summed E-state index contributed by atoms with van der Waals surface area (Å²) in [4.78, 5) is 2.68. The summed E-state index contributed by atoms with van der Waals surface area (Å²) in [5, 5.41) is 3.52. The molecule has 2 nitrogen and oxygen atoms in total. The van der Waals surface area contributed by atoms with Gasteiger partial charge in [0.05, 0.1) is 0 Å². The highest BCUT2D eigenvalue weighted by molar-refractivity contribution is 4.79. The zero-order valence-electron chi connectivity index (χ0n) is 13.0. The highest BCUT2D eigenvalue weighted by Gasteiger charge is 2.24. The molecule has 2 atom stereocenters. The number of hydrogen-bond donors (Lipinski definition) is 1. The molecule has 0 spiro atoms. The monoisotopic (exact) mass is 254 g/mol. The maximum atomic E-state index is 3.52. The van der Waals surface area contributed by atoms with Gasteiger partial charge >= 0.3 is 0 Å². The first kappa shape index (κ1) is 16.0. The van der Waals surface area contributed by atoms with Crippen LogP contribution in [0.25, 0.3) is 0 Å². The molecule has 0 radical (unpaired) electrons. The molecule has 18 heavy (non-hydrogen) atoms. The molecule has 1 heterocycles. The van der Waals surface area contributed by atoms with E-state index in [9.17, 15) is 0 Å². The first-order valence-corrected chi connectivity index (χ1v) is 8.04. The molecule has 1 N–H and O–H groups in total. The highest BCUT2D eigenvalue weighted by Crippen LogP contribution is 2.22. The van der Waals surface area contributed by atoms with Crippen molar-refractivity contribution in [2.24, 2.45) is 11.8 Å². The Morgan fingerprint density at radius 2 is 1.83 bits per heavy atom. The number of likely N-dealkylation sites (tertiary alicyclic amines) is 1. The van der Waals surface area contributed by atoms with E-state index in [0.717, 1.165) is 17.9 Å². The smallest absolute Gasteiger partial charge is 0.00700 e. The molecule has 2 heteroatoms. The third kappa shape index (κ3) is 6.75. The van der Waals surface area contributed by atoms with Gasteiger partial charge in [0.2, 0.25) is 0 Å². The van der Waals surface area contributed by atoms with Gasteiger partial charge in [-0.05, 0) is 57.7 Å². The van der Waals surface area contributed by atoms with E-state index < -0.39 is 0 Å². The third-order valence-corrected chi connectivity index (χ3v) is 4.01. The average Bonchev–Trinajstić information content (AvgIpc) is 2.61. The van der Waals surface area contributed by atoms with E-state index in [1.807, 2.05) is 0 Å². The standard InChI is InChI=1S/C16H34N2/c1-14(2)12-17-9-7-5-6-8-10-18-13-15(3)11-16(18)4/h14-17H,5-13H2,1-4H3. The van der Waals surface area contributed by atoms with E-state index in [-0.39, 0.29) is 0 Å². The van der Waals surface area contributed by atoms with E-state index in [1.54, 1.807) is 0 Å². The molecule has 1 aliphatic heterocycles. The number of nitrogens with zero attached hydrogens (tertiary/aromatic N) is 1. The molecule has 1 saturated heterocycles. The van der Waals surface area contributed by atoms with Gasteiger partial charge in [-0.3, -0.25) is 0 Å². The molecule has 0 saturated carbocycles. The molecule has 0 aromatic heterocycles. The van der Waals surface area contributed by atoms with E-state index in [1.165, 1.54) is 58.3 Å².